The van der Waals surface area contributed by atoms with Gasteiger partial charge < -0.3 is 5.11 Å². The lowest BCUT2D eigenvalue weighted by molar-refractivity contribution is -0.364. The van der Waals surface area contributed by atoms with Crippen LogP contribution >= 0.6 is 0 Å². The van der Waals surface area contributed by atoms with E-state index in [-0.39, 0.29) is 10.5 Å². The molecule has 168 valence electrons. The molecule has 1 unspecified atom stereocenters. The lowest BCUT2D eigenvalue weighted by atomic mass is 9.97. The van der Waals surface area contributed by atoms with Crippen molar-refractivity contribution >= 4 is 27.5 Å². The Bertz CT molecular complexity index is 1280. The highest BCUT2D eigenvalue weighted by Gasteiger charge is 2.39. The number of nitrogens with one attached hydrogen (secondary N) is 2. The average Bonchev–Trinajstić information content (AvgIpc) is 3.45. The Balaban J connectivity index is 1.60. The van der Waals surface area contributed by atoms with E-state index in [0.717, 1.165) is 48.2 Å². The number of urea groups is 1. The van der Waals surface area contributed by atoms with E-state index in [1.165, 1.54) is 29.3 Å². The number of carbonyl (C=O) groups excluding carboxylic acids is 2. The molecule has 0 saturated heterocycles. The highest BCUT2D eigenvalue weighted by Crippen LogP contribution is 2.39. The zero-order chi connectivity index (χ0) is 22.8. The zero-order valence-electron chi connectivity index (χ0n) is 18.6. The fourth-order valence-electron chi connectivity index (χ4n) is 5.04. The maximum absolute atomic E-state index is 13.9. The first-order chi connectivity index (χ1) is 15.1. The van der Waals surface area contributed by atoms with Gasteiger partial charge in [0, 0.05) is 11.1 Å². The van der Waals surface area contributed by atoms with Gasteiger partial charge >= 0.3 is 6.03 Å². The first-order valence-corrected chi connectivity index (χ1v) is 12.6. The van der Waals surface area contributed by atoms with Crippen LogP contribution in [0.5, 0.6) is 0 Å². The Morgan fingerprint density at radius 2 is 1.72 bits per heavy atom. The molecule has 3 aliphatic rings. The Morgan fingerprint density at radius 3 is 2.31 bits per heavy atom. The number of nitrogens with zero attached hydrogens (tertiary/aromatic N) is 1. The minimum atomic E-state index is -3.36. The molecule has 0 fully saturated rings. The third-order valence-electron chi connectivity index (χ3n) is 6.84. The summed E-state index contributed by atoms with van der Waals surface area (Å²) < 4.78 is 17.6. The lowest BCUT2D eigenvalue weighted by Gasteiger charge is -2.18. The monoisotopic (exact) mass is 454 g/mol. The number of hydrogen-bond acceptors (Lipinski definition) is 4. The number of hydrogen-bond donors (Lipinski definition) is 3. The van der Waals surface area contributed by atoms with Gasteiger partial charge in [0.1, 0.15) is 10.6 Å². The summed E-state index contributed by atoms with van der Waals surface area (Å²) >= 11 is 0. The molecule has 2 aliphatic carbocycles. The fraction of sp³-hybridized carbons (Fsp3) is 0.417. The van der Waals surface area contributed by atoms with Crippen LogP contribution in [0, 0.1) is 0 Å². The molecule has 7 nitrogen and oxygen atoms in total. The molecule has 0 saturated carbocycles. The van der Waals surface area contributed by atoms with Crippen LogP contribution in [0.4, 0.5) is 10.5 Å². The van der Waals surface area contributed by atoms with Crippen molar-refractivity contribution in [3.63, 3.8) is 0 Å². The molecule has 0 aromatic heterocycles. The Hall–Kier alpha value is -2.71. The number of aryl methyl sites for hydroxylation is 2. The van der Waals surface area contributed by atoms with Crippen LogP contribution in [0.3, 0.4) is 0 Å². The van der Waals surface area contributed by atoms with Gasteiger partial charge in [0.15, 0.2) is 0 Å². The molecular formula is C24H28N3O4S+. The Labute approximate surface area is 188 Å². The van der Waals surface area contributed by atoms with E-state index in [4.69, 9.17) is 0 Å². The van der Waals surface area contributed by atoms with Crippen molar-refractivity contribution in [2.45, 2.75) is 62.9 Å². The number of anilines is 1. The van der Waals surface area contributed by atoms with Gasteiger partial charge in [0.2, 0.25) is 9.92 Å². The second-order valence-electron chi connectivity index (χ2n) is 9.39. The first-order valence-electron chi connectivity index (χ1n) is 11.0. The molecule has 2 aromatic carbocycles. The molecule has 0 bridgehead atoms. The minimum absolute atomic E-state index is 0.225. The summed E-state index contributed by atoms with van der Waals surface area (Å²) in [7, 11) is -1.92. The Kier molecular flexibility index (Phi) is 4.73. The second-order valence-corrected chi connectivity index (χ2v) is 11.6. The molecule has 3 N–H and O–H groups in total. The smallest absolute Gasteiger partial charge is 0.386 e. The van der Waals surface area contributed by atoms with Gasteiger partial charge in [-0.1, -0.05) is 12.1 Å². The summed E-state index contributed by atoms with van der Waals surface area (Å²) in [5.41, 5.74) is 5.42. The summed E-state index contributed by atoms with van der Waals surface area (Å²) in [6.07, 6.45) is 6.01. The third-order valence-corrected chi connectivity index (χ3v) is 9.17. The largest absolute Gasteiger partial charge is 0.505 e. The first kappa shape index (κ1) is 21.2. The topological polar surface area (TPSA) is 98.5 Å². The number of benzene rings is 2. The molecule has 8 heteroatoms. The van der Waals surface area contributed by atoms with E-state index < -0.39 is 27.5 Å². The lowest BCUT2D eigenvalue weighted by Crippen LogP contribution is -2.35. The van der Waals surface area contributed by atoms with Crippen LogP contribution in [0.1, 0.15) is 64.9 Å². The van der Waals surface area contributed by atoms with Gasteiger partial charge in [0.05, 0.1) is 18.2 Å². The SMILES string of the molecule is C[N+](C(=O)Nc1c2c(cc3c1CCC3)CCC2)=S1(=O)NC(=O)c2ccc(C(C)(C)O)cc21. The van der Waals surface area contributed by atoms with Crippen molar-refractivity contribution in [3.05, 3.63) is 57.6 Å². The van der Waals surface area contributed by atoms with Crippen molar-refractivity contribution in [2.24, 2.45) is 0 Å². The molecular weight excluding hydrogens is 426 g/mol. The highest BCUT2D eigenvalue weighted by molar-refractivity contribution is 7.90. The molecule has 32 heavy (non-hydrogen) atoms. The predicted octanol–water partition coefficient (Wildman–Crippen LogP) is 3.25. The van der Waals surface area contributed by atoms with Crippen LogP contribution < -0.4 is 10.0 Å². The average molecular weight is 455 g/mol. The zero-order valence-corrected chi connectivity index (χ0v) is 19.4. The maximum Gasteiger partial charge on any atom is 0.505 e. The van der Waals surface area contributed by atoms with Crippen molar-refractivity contribution < 1.29 is 22.9 Å². The summed E-state index contributed by atoms with van der Waals surface area (Å²) in [6.45, 7) is 3.24. The molecule has 0 radical (unpaired) electrons. The van der Waals surface area contributed by atoms with Crippen molar-refractivity contribution in [3.8, 4) is 0 Å². The van der Waals surface area contributed by atoms with Crippen LogP contribution in [-0.4, -0.2) is 32.2 Å². The quantitative estimate of drug-likeness (QED) is 0.607. The third kappa shape index (κ3) is 3.16. The maximum atomic E-state index is 13.9. The van der Waals surface area contributed by atoms with E-state index in [1.54, 1.807) is 32.0 Å². The highest BCUT2D eigenvalue weighted by atomic mass is 32.2. The number of aliphatic hydroxyl groups is 1. The van der Waals surface area contributed by atoms with E-state index in [1.807, 2.05) is 0 Å². The van der Waals surface area contributed by atoms with Crippen molar-refractivity contribution in [2.75, 3.05) is 12.4 Å². The Morgan fingerprint density at radius 1 is 1.09 bits per heavy atom. The van der Waals surface area contributed by atoms with E-state index >= 15 is 0 Å². The van der Waals surface area contributed by atoms with Gasteiger partial charge in [-0.25, -0.2) is 14.2 Å². The molecule has 1 aliphatic heterocycles. The molecule has 2 aromatic rings. The van der Waals surface area contributed by atoms with Gasteiger partial charge in [-0.05, 0) is 81.2 Å². The molecule has 0 spiro atoms. The molecule has 1 heterocycles. The molecule has 3 amide bonds. The number of fused-ring (bicyclic) bond motifs is 3. The van der Waals surface area contributed by atoms with Gasteiger partial charge in [-0.2, -0.15) is 4.79 Å². The van der Waals surface area contributed by atoms with Gasteiger partial charge in [0.25, 0.3) is 5.91 Å². The van der Waals surface area contributed by atoms with E-state index in [9.17, 15) is 18.9 Å². The summed E-state index contributed by atoms with van der Waals surface area (Å²) in [5, 5.41) is 13.4. The van der Waals surface area contributed by atoms with Crippen molar-refractivity contribution in [1.82, 2.24) is 4.72 Å². The number of carbonyl (C=O) groups is 2. The standard InChI is InChI=1S/C24H27N3O4S/c1-24(2,30)16-10-11-19-20(13-16)32(31,26-22(19)28)27(3)23(29)25-21-17-8-4-6-14(17)12-15-7-5-9-18(15)21/h10-13,30H,4-9H2,1-3H3,(H,25,29)/p+1. The predicted molar refractivity (Wildman–Crippen MR) is 121 cm³/mol. The summed E-state index contributed by atoms with van der Waals surface area (Å²) in [6, 6.07) is 6.51. The van der Waals surface area contributed by atoms with Gasteiger partial charge in [-0.15, -0.1) is 3.95 Å². The van der Waals surface area contributed by atoms with Crippen LogP contribution in [0.2, 0.25) is 0 Å². The second kappa shape index (κ2) is 7.15. The summed E-state index contributed by atoms with van der Waals surface area (Å²) in [5.74, 6) is -0.492. The summed E-state index contributed by atoms with van der Waals surface area (Å²) in [4.78, 5) is 26.1. The van der Waals surface area contributed by atoms with Crippen LogP contribution in [0.25, 0.3) is 0 Å². The number of amides is 3. The molecule has 1 atom stereocenters. The van der Waals surface area contributed by atoms with E-state index in [0.29, 0.717) is 5.56 Å². The minimum Gasteiger partial charge on any atom is -0.386 e. The normalized spacial score (nSPS) is 21.1. The fourth-order valence-corrected chi connectivity index (χ4v) is 6.97. The van der Waals surface area contributed by atoms with E-state index in [2.05, 4.69) is 16.1 Å². The number of rotatable bonds is 2. The molecule has 5 rings (SSSR count). The van der Waals surface area contributed by atoms with Gasteiger partial charge in [-0.3, -0.25) is 4.79 Å². The van der Waals surface area contributed by atoms with Crippen LogP contribution in [-0.2, 0) is 41.2 Å². The van der Waals surface area contributed by atoms with Crippen LogP contribution in [0.15, 0.2) is 29.2 Å². The van der Waals surface area contributed by atoms with Crippen molar-refractivity contribution in [1.29, 1.82) is 0 Å².